The Morgan fingerprint density at radius 3 is 1.82 bits per heavy atom. The van der Waals surface area contributed by atoms with Crippen molar-refractivity contribution in [2.24, 2.45) is 0 Å². The Bertz CT molecular complexity index is 1390. The molecule has 1 spiro atoms. The monoisotopic (exact) mass is 363 g/mol. The van der Waals surface area contributed by atoms with Gasteiger partial charge in [0.05, 0.1) is 5.69 Å². The van der Waals surface area contributed by atoms with Gasteiger partial charge in [0.25, 0.3) is 5.56 Å². The molecule has 28 heavy (non-hydrogen) atoms. The van der Waals surface area contributed by atoms with Crippen molar-refractivity contribution in [2.45, 2.75) is 5.41 Å². The summed E-state index contributed by atoms with van der Waals surface area (Å²) >= 11 is 0. The second-order valence-corrected chi connectivity index (χ2v) is 7.25. The predicted octanol–water partition coefficient (Wildman–Crippen LogP) is 3.87. The second kappa shape index (κ2) is 4.93. The normalized spacial score (nSPS) is 15.7. The van der Waals surface area contributed by atoms with E-state index in [0.717, 1.165) is 5.56 Å². The van der Waals surface area contributed by atoms with E-state index in [1.54, 1.807) is 36.4 Å². The molecule has 0 bridgehead atoms. The number of rotatable bonds is 0. The number of carbonyl (C=O) groups is 2. The maximum Gasteiger partial charge on any atom is 0.256 e. The highest BCUT2D eigenvalue weighted by Gasteiger charge is 2.60. The van der Waals surface area contributed by atoms with Crippen LogP contribution in [-0.2, 0) is 5.41 Å². The van der Waals surface area contributed by atoms with Gasteiger partial charge < -0.3 is 4.98 Å². The van der Waals surface area contributed by atoms with Gasteiger partial charge in [-0.2, -0.15) is 0 Å². The lowest BCUT2D eigenvalue weighted by Gasteiger charge is -2.24. The molecule has 4 heteroatoms. The zero-order valence-electron chi connectivity index (χ0n) is 14.7. The Kier molecular flexibility index (Phi) is 2.69. The van der Waals surface area contributed by atoms with Crippen molar-refractivity contribution in [3.63, 3.8) is 0 Å². The van der Waals surface area contributed by atoms with Crippen LogP contribution in [0.25, 0.3) is 22.0 Å². The molecule has 0 atom stereocenters. The molecule has 132 valence electrons. The fraction of sp³-hybridized carbons (Fsp3) is 0.0417. The third-order valence-corrected chi connectivity index (χ3v) is 6.00. The number of hydrogen-bond donors (Lipinski definition) is 1. The van der Waals surface area contributed by atoms with E-state index in [-0.39, 0.29) is 17.1 Å². The standard InChI is InChI=1S/C24H13NO3/c26-21-14-8-2-3-9-15(14)22(27)24(21)18-12-6-5-11-17(18)20-19(24)13-7-1-4-10-16(13)23(28)25-20/h1-12H,(H,25,28). The summed E-state index contributed by atoms with van der Waals surface area (Å²) in [6, 6.07) is 21.5. The van der Waals surface area contributed by atoms with Crippen LogP contribution >= 0.6 is 0 Å². The fourth-order valence-corrected chi connectivity index (χ4v) is 4.89. The van der Waals surface area contributed by atoms with Crippen molar-refractivity contribution in [3.8, 4) is 11.3 Å². The van der Waals surface area contributed by atoms with E-state index >= 15 is 0 Å². The fourth-order valence-electron chi connectivity index (χ4n) is 4.89. The quantitative estimate of drug-likeness (QED) is 0.482. The van der Waals surface area contributed by atoms with Crippen molar-refractivity contribution in [1.29, 1.82) is 0 Å². The van der Waals surface area contributed by atoms with Crippen LogP contribution in [0.2, 0.25) is 0 Å². The number of aromatic nitrogens is 1. The zero-order chi connectivity index (χ0) is 19.0. The molecule has 0 amide bonds. The SMILES string of the molecule is O=C1c2ccccc2C(=O)C12c1ccccc1-c1[nH]c(=O)c3ccccc3c12. The third kappa shape index (κ3) is 1.51. The summed E-state index contributed by atoms with van der Waals surface area (Å²) in [7, 11) is 0. The molecular formula is C24H13NO3. The number of benzene rings is 3. The highest BCUT2D eigenvalue weighted by molar-refractivity contribution is 6.38. The smallest absolute Gasteiger partial charge is 0.256 e. The van der Waals surface area contributed by atoms with E-state index in [2.05, 4.69) is 4.98 Å². The lowest BCUT2D eigenvalue weighted by atomic mass is 9.73. The molecule has 1 aromatic heterocycles. The van der Waals surface area contributed by atoms with Crippen molar-refractivity contribution in [2.75, 3.05) is 0 Å². The van der Waals surface area contributed by atoms with E-state index in [1.807, 2.05) is 36.4 Å². The van der Waals surface area contributed by atoms with Gasteiger partial charge in [-0.25, -0.2) is 0 Å². The molecule has 0 saturated carbocycles. The Balaban J connectivity index is 1.87. The first-order valence-electron chi connectivity index (χ1n) is 9.09. The summed E-state index contributed by atoms with van der Waals surface area (Å²) in [6.07, 6.45) is 0. The minimum atomic E-state index is -1.45. The maximum atomic E-state index is 13.8. The number of aromatic amines is 1. The average Bonchev–Trinajstić information content (AvgIpc) is 3.15. The first-order chi connectivity index (χ1) is 13.7. The van der Waals surface area contributed by atoms with Crippen LogP contribution in [0.1, 0.15) is 31.8 Å². The van der Waals surface area contributed by atoms with Gasteiger partial charge in [0, 0.05) is 27.6 Å². The van der Waals surface area contributed by atoms with Gasteiger partial charge in [0.1, 0.15) is 5.41 Å². The van der Waals surface area contributed by atoms with Crippen molar-refractivity contribution < 1.29 is 9.59 Å². The van der Waals surface area contributed by atoms with Crippen LogP contribution in [0.15, 0.2) is 77.6 Å². The van der Waals surface area contributed by atoms with Crippen molar-refractivity contribution >= 4 is 22.3 Å². The molecule has 1 N–H and O–H groups in total. The number of hydrogen-bond acceptors (Lipinski definition) is 3. The van der Waals surface area contributed by atoms with Crippen LogP contribution in [0.4, 0.5) is 0 Å². The zero-order valence-corrected chi connectivity index (χ0v) is 14.7. The molecule has 6 rings (SSSR count). The van der Waals surface area contributed by atoms with E-state index in [0.29, 0.717) is 38.7 Å². The van der Waals surface area contributed by atoms with E-state index in [9.17, 15) is 14.4 Å². The van der Waals surface area contributed by atoms with Gasteiger partial charge in [-0.3, -0.25) is 14.4 Å². The summed E-state index contributed by atoms with van der Waals surface area (Å²) < 4.78 is 0. The average molecular weight is 363 g/mol. The molecule has 2 aliphatic carbocycles. The summed E-state index contributed by atoms with van der Waals surface area (Å²) in [5, 5.41) is 1.12. The van der Waals surface area contributed by atoms with Crippen LogP contribution in [-0.4, -0.2) is 16.6 Å². The Morgan fingerprint density at radius 1 is 0.607 bits per heavy atom. The number of carbonyl (C=O) groups excluding carboxylic acids is 2. The van der Waals surface area contributed by atoms with E-state index in [1.165, 1.54) is 0 Å². The molecule has 2 aliphatic rings. The second-order valence-electron chi connectivity index (χ2n) is 7.25. The number of Topliss-reactive ketones (excluding diaryl/α,β-unsaturated/α-hetero) is 2. The summed E-state index contributed by atoms with van der Waals surface area (Å²) in [4.78, 5) is 43.2. The molecule has 0 fully saturated rings. The molecule has 0 aliphatic heterocycles. The van der Waals surface area contributed by atoms with E-state index in [4.69, 9.17) is 0 Å². The van der Waals surface area contributed by atoms with Crippen LogP contribution in [0.3, 0.4) is 0 Å². The highest BCUT2D eigenvalue weighted by atomic mass is 16.2. The lowest BCUT2D eigenvalue weighted by Crippen LogP contribution is -2.38. The van der Waals surface area contributed by atoms with Gasteiger partial charge in [-0.05, 0) is 17.0 Å². The van der Waals surface area contributed by atoms with Crippen LogP contribution < -0.4 is 5.56 Å². The molecule has 0 radical (unpaired) electrons. The first-order valence-corrected chi connectivity index (χ1v) is 9.09. The van der Waals surface area contributed by atoms with Gasteiger partial charge in [0.2, 0.25) is 0 Å². The number of nitrogens with one attached hydrogen (secondary N) is 1. The highest BCUT2D eigenvalue weighted by Crippen LogP contribution is 2.55. The number of H-pyrrole nitrogens is 1. The number of pyridine rings is 1. The molecule has 3 aromatic carbocycles. The minimum absolute atomic E-state index is 0.225. The maximum absolute atomic E-state index is 13.8. The van der Waals surface area contributed by atoms with Gasteiger partial charge >= 0.3 is 0 Å². The van der Waals surface area contributed by atoms with E-state index < -0.39 is 5.41 Å². The molecular weight excluding hydrogens is 350 g/mol. The largest absolute Gasteiger partial charge is 0.321 e. The van der Waals surface area contributed by atoms with Crippen LogP contribution in [0, 0.1) is 0 Å². The first kappa shape index (κ1) is 15.3. The van der Waals surface area contributed by atoms with Crippen LogP contribution in [0.5, 0.6) is 0 Å². The van der Waals surface area contributed by atoms with Crippen molar-refractivity contribution in [1.82, 2.24) is 4.98 Å². The molecule has 4 aromatic rings. The topological polar surface area (TPSA) is 67.0 Å². The summed E-state index contributed by atoms with van der Waals surface area (Å²) in [6.45, 7) is 0. The van der Waals surface area contributed by atoms with Gasteiger partial charge in [-0.1, -0.05) is 66.7 Å². The third-order valence-electron chi connectivity index (χ3n) is 6.00. The Morgan fingerprint density at radius 2 is 1.14 bits per heavy atom. The molecule has 4 nitrogen and oxygen atoms in total. The van der Waals surface area contributed by atoms with Gasteiger partial charge in [0.15, 0.2) is 11.6 Å². The predicted molar refractivity (Wildman–Crippen MR) is 106 cm³/mol. The molecule has 1 heterocycles. The van der Waals surface area contributed by atoms with Crippen molar-refractivity contribution in [3.05, 3.63) is 105 Å². The lowest BCUT2D eigenvalue weighted by molar-refractivity contribution is 0.0833. The summed E-state index contributed by atoms with van der Waals surface area (Å²) in [5.41, 5.74) is 1.73. The Labute approximate surface area is 159 Å². The minimum Gasteiger partial charge on any atom is -0.321 e. The molecule has 0 saturated heterocycles. The Hall–Kier alpha value is -3.79. The van der Waals surface area contributed by atoms with Gasteiger partial charge in [-0.15, -0.1) is 0 Å². The summed E-state index contributed by atoms with van der Waals surface area (Å²) in [5.74, 6) is -0.451. The molecule has 0 unspecified atom stereocenters. The number of ketones is 2. The number of fused-ring (bicyclic) bond motifs is 8.